The Morgan fingerprint density at radius 1 is 0.885 bits per heavy atom. The summed E-state index contributed by atoms with van der Waals surface area (Å²) in [6, 6.07) is 26.0. The second-order valence-corrected chi connectivity index (χ2v) is 15.0. The van der Waals surface area contributed by atoms with Gasteiger partial charge in [0.05, 0.1) is 7.11 Å². The molecular formula is C43H50ClN3O5. The van der Waals surface area contributed by atoms with E-state index in [-0.39, 0.29) is 22.6 Å². The Hall–Kier alpha value is -4.82. The molecule has 2 amide bonds. The van der Waals surface area contributed by atoms with E-state index < -0.39 is 12.2 Å². The Kier molecular flexibility index (Phi) is 11.7. The largest absolute Gasteiger partial charge is 0.494 e. The molecule has 1 heterocycles. The highest BCUT2D eigenvalue weighted by atomic mass is 35.5. The molecule has 0 saturated carbocycles. The summed E-state index contributed by atoms with van der Waals surface area (Å²) in [6.07, 6.45) is 0.624. The fraction of sp³-hybridized carbons (Fsp3) is 0.372. The van der Waals surface area contributed by atoms with Crippen molar-refractivity contribution >= 4 is 40.5 Å². The Morgan fingerprint density at radius 3 is 2.17 bits per heavy atom. The third-order valence-corrected chi connectivity index (χ3v) is 10.4. The van der Waals surface area contributed by atoms with Gasteiger partial charge in [-0.25, -0.2) is 0 Å². The molecule has 0 saturated heterocycles. The summed E-state index contributed by atoms with van der Waals surface area (Å²) in [4.78, 5) is 27.7. The van der Waals surface area contributed by atoms with E-state index in [0.29, 0.717) is 51.3 Å². The number of hydrazone groups is 1. The number of carbonyl (C=O) groups is 2. The van der Waals surface area contributed by atoms with E-state index in [9.17, 15) is 9.59 Å². The molecule has 1 aliphatic rings. The first-order valence-electron chi connectivity index (χ1n) is 17.9. The Labute approximate surface area is 313 Å². The molecule has 0 spiro atoms. The topological polar surface area (TPSA) is 89.5 Å². The molecule has 2 atom stereocenters. The average Bonchev–Trinajstić information content (AvgIpc) is 3.46. The standard InChI is InChI=1S/C43H50ClN3O5/c1-10-35(52-36-24-17-29(42(5,6)11-2)25-33(36)43(7,8)12-3)40(48)45-31-20-23-34(37(26-31)50-9)47-41(49)39(51-32-21-13-27(4)14-22-32)38(46-47)28-15-18-30(44)19-16-28/h13-26,35,39H,10-12H2,1-9H3,(H,45,48). The van der Waals surface area contributed by atoms with Crippen molar-refractivity contribution in [3.05, 3.63) is 112 Å². The van der Waals surface area contributed by atoms with Crippen molar-refractivity contribution in [2.24, 2.45) is 5.10 Å². The van der Waals surface area contributed by atoms with Gasteiger partial charge < -0.3 is 19.5 Å². The SMILES string of the molecule is CCC(Oc1ccc(C(C)(C)CC)cc1C(C)(C)CC)C(=O)Nc1ccc(N2N=C(c3ccc(Cl)cc3)C(Oc3ccc(C)cc3)C2=O)c(OC)c1. The molecule has 8 nitrogen and oxygen atoms in total. The highest BCUT2D eigenvalue weighted by Crippen LogP contribution is 2.40. The van der Waals surface area contributed by atoms with Crippen molar-refractivity contribution in [3.63, 3.8) is 0 Å². The molecule has 0 fully saturated rings. The maximum atomic E-state index is 14.0. The highest BCUT2D eigenvalue weighted by Gasteiger charge is 2.41. The molecule has 1 N–H and O–H groups in total. The van der Waals surface area contributed by atoms with Gasteiger partial charge in [-0.05, 0) is 85.0 Å². The zero-order chi connectivity index (χ0) is 37.8. The Bertz CT molecular complexity index is 1940. The second kappa shape index (κ2) is 15.8. The van der Waals surface area contributed by atoms with Crippen molar-refractivity contribution in [1.82, 2.24) is 0 Å². The number of carbonyl (C=O) groups excluding carboxylic acids is 2. The Morgan fingerprint density at radius 2 is 1.56 bits per heavy atom. The molecule has 0 aliphatic carbocycles. The molecule has 0 radical (unpaired) electrons. The van der Waals surface area contributed by atoms with Crippen LogP contribution in [-0.4, -0.2) is 36.8 Å². The molecule has 4 aromatic rings. The van der Waals surface area contributed by atoms with Gasteiger partial charge in [0.25, 0.3) is 11.8 Å². The van der Waals surface area contributed by atoms with E-state index in [1.807, 2.05) is 44.2 Å². The van der Waals surface area contributed by atoms with Gasteiger partial charge in [0.2, 0.25) is 6.10 Å². The van der Waals surface area contributed by atoms with Crippen LogP contribution in [0.2, 0.25) is 5.02 Å². The minimum Gasteiger partial charge on any atom is -0.494 e. The second-order valence-electron chi connectivity index (χ2n) is 14.5. The van der Waals surface area contributed by atoms with Gasteiger partial charge in [0.15, 0.2) is 6.10 Å². The number of benzene rings is 4. The number of aryl methyl sites for hydroxylation is 1. The molecule has 0 bridgehead atoms. The van der Waals surface area contributed by atoms with Crippen molar-refractivity contribution in [2.45, 2.75) is 97.7 Å². The molecular weight excluding hydrogens is 674 g/mol. The summed E-state index contributed by atoms with van der Waals surface area (Å²) in [5, 5.41) is 9.58. The van der Waals surface area contributed by atoms with Gasteiger partial charge in [-0.2, -0.15) is 10.1 Å². The van der Waals surface area contributed by atoms with E-state index in [2.05, 4.69) is 59.0 Å². The number of rotatable bonds is 14. The van der Waals surface area contributed by atoms with Gasteiger partial charge in [0, 0.05) is 27.9 Å². The summed E-state index contributed by atoms with van der Waals surface area (Å²) in [7, 11) is 1.51. The fourth-order valence-electron chi connectivity index (χ4n) is 5.90. The molecule has 0 aromatic heterocycles. The number of hydrogen-bond donors (Lipinski definition) is 1. The number of nitrogens with zero attached hydrogens (tertiary/aromatic N) is 2. The van der Waals surface area contributed by atoms with Crippen LogP contribution >= 0.6 is 11.6 Å². The third-order valence-electron chi connectivity index (χ3n) is 10.2. The zero-order valence-electron chi connectivity index (χ0n) is 31.7. The average molecular weight is 724 g/mol. The molecule has 2 unspecified atom stereocenters. The molecule has 4 aromatic carbocycles. The van der Waals surface area contributed by atoms with E-state index >= 15 is 0 Å². The number of hydrogen-bond acceptors (Lipinski definition) is 6. The first kappa shape index (κ1) is 38.4. The van der Waals surface area contributed by atoms with Crippen molar-refractivity contribution in [1.29, 1.82) is 0 Å². The highest BCUT2D eigenvalue weighted by molar-refractivity contribution is 6.31. The molecule has 9 heteroatoms. The maximum Gasteiger partial charge on any atom is 0.295 e. The number of amides is 2. The number of nitrogens with one attached hydrogen (secondary N) is 1. The lowest BCUT2D eigenvalue weighted by atomic mass is 9.76. The summed E-state index contributed by atoms with van der Waals surface area (Å²) in [5.74, 6) is 0.913. The van der Waals surface area contributed by atoms with Crippen molar-refractivity contribution in [3.8, 4) is 17.2 Å². The van der Waals surface area contributed by atoms with Crippen LogP contribution in [0.25, 0.3) is 0 Å². The molecule has 52 heavy (non-hydrogen) atoms. The molecule has 5 rings (SSSR count). The summed E-state index contributed by atoms with van der Waals surface area (Å²) >= 11 is 6.17. The van der Waals surface area contributed by atoms with E-state index in [0.717, 1.165) is 24.0 Å². The summed E-state index contributed by atoms with van der Waals surface area (Å²) in [5.41, 5.74) is 5.28. The third kappa shape index (κ3) is 8.28. The fourth-order valence-corrected chi connectivity index (χ4v) is 6.03. The van der Waals surface area contributed by atoms with Crippen LogP contribution in [-0.2, 0) is 20.4 Å². The van der Waals surface area contributed by atoms with Crippen LogP contribution in [0.1, 0.15) is 90.0 Å². The van der Waals surface area contributed by atoms with Gasteiger partial charge in [-0.1, -0.05) is 102 Å². The predicted octanol–water partition coefficient (Wildman–Crippen LogP) is 10.0. The van der Waals surface area contributed by atoms with Crippen LogP contribution in [0.4, 0.5) is 11.4 Å². The van der Waals surface area contributed by atoms with Crippen LogP contribution < -0.4 is 24.5 Å². The predicted molar refractivity (Wildman–Crippen MR) is 210 cm³/mol. The molecule has 1 aliphatic heterocycles. The lowest BCUT2D eigenvalue weighted by molar-refractivity contribution is -0.123. The Balaban J connectivity index is 1.40. The van der Waals surface area contributed by atoms with E-state index in [1.165, 1.54) is 17.7 Å². The monoisotopic (exact) mass is 723 g/mol. The van der Waals surface area contributed by atoms with Crippen molar-refractivity contribution < 1.29 is 23.8 Å². The quantitative estimate of drug-likeness (QED) is 0.140. The zero-order valence-corrected chi connectivity index (χ0v) is 32.4. The number of methoxy groups -OCH3 is 1. The van der Waals surface area contributed by atoms with Crippen LogP contribution in [0, 0.1) is 6.92 Å². The van der Waals surface area contributed by atoms with Gasteiger partial charge in [-0.15, -0.1) is 0 Å². The normalized spacial score (nSPS) is 15.3. The maximum absolute atomic E-state index is 14.0. The van der Waals surface area contributed by atoms with Crippen LogP contribution in [0.3, 0.4) is 0 Å². The first-order chi connectivity index (χ1) is 24.7. The van der Waals surface area contributed by atoms with E-state index in [4.69, 9.17) is 30.9 Å². The minimum atomic E-state index is -1.01. The van der Waals surface area contributed by atoms with Crippen LogP contribution in [0.15, 0.2) is 90.0 Å². The van der Waals surface area contributed by atoms with Gasteiger partial charge in [-0.3, -0.25) is 9.59 Å². The van der Waals surface area contributed by atoms with Crippen molar-refractivity contribution in [2.75, 3.05) is 17.4 Å². The molecule has 274 valence electrons. The van der Waals surface area contributed by atoms with Gasteiger partial charge >= 0.3 is 0 Å². The number of ether oxygens (including phenoxy) is 3. The van der Waals surface area contributed by atoms with Crippen LogP contribution in [0.5, 0.6) is 17.2 Å². The lowest BCUT2D eigenvalue weighted by Gasteiger charge is -2.31. The summed E-state index contributed by atoms with van der Waals surface area (Å²) in [6.45, 7) is 17.2. The smallest absolute Gasteiger partial charge is 0.295 e. The lowest BCUT2D eigenvalue weighted by Crippen LogP contribution is -2.37. The van der Waals surface area contributed by atoms with E-state index in [1.54, 1.807) is 42.5 Å². The number of halogens is 1. The minimum absolute atomic E-state index is 0.0152. The summed E-state index contributed by atoms with van der Waals surface area (Å²) < 4.78 is 18.5. The number of anilines is 2. The first-order valence-corrected chi connectivity index (χ1v) is 18.3. The van der Waals surface area contributed by atoms with Gasteiger partial charge in [0.1, 0.15) is 28.6 Å².